The van der Waals surface area contributed by atoms with E-state index in [1.165, 1.54) is 0 Å². The maximum absolute atomic E-state index is 13.3. The first kappa shape index (κ1) is 15.0. The van der Waals surface area contributed by atoms with E-state index in [2.05, 4.69) is 15.2 Å². The van der Waals surface area contributed by atoms with Gasteiger partial charge in [-0.1, -0.05) is 12.1 Å². The Morgan fingerprint density at radius 3 is 3.00 bits per heavy atom. The van der Waals surface area contributed by atoms with Gasteiger partial charge in [0.15, 0.2) is 0 Å². The van der Waals surface area contributed by atoms with E-state index in [0.29, 0.717) is 25.3 Å². The van der Waals surface area contributed by atoms with Crippen LogP contribution in [0.15, 0.2) is 30.5 Å². The zero-order chi connectivity index (χ0) is 16.7. The lowest BCUT2D eigenvalue weighted by molar-refractivity contribution is -0.00291. The van der Waals surface area contributed by atoms with E-state index in [1.807, 2.05) is 49.2 Å². The standard InChI is InChI=1S/C18H20N4O2/c1-11-16(12(2)21-20-11)15-10-24-9-8-22(15)18(23)14-5-3-4-13-6-7-19-17(13)14/h3-7,15,19H,8-10H2,1-2H3,(H,20,21)/t15-/m0/s1. The van der Waals surface area contributed by atoms with Crippen LogP contribution >= 0.6 is 0 Å². The van der Waals surface area contributed by atoms with Crippen LogP contribution in [0, 0.1) is 13.8 Å². The number of nitrogens with zero attached hydrogens (tertiary/aromatic N) is 2. The number of aromatic nitrogens is 3. The van der Waals surface area contributed by atoms with Crippen molar-refractivity contribution in [1.82, 2.24) is 20.1 Å². The van der Waals surface area contributed by atoms with Crippen LogP contribution in [0.4, 0.5) is 0 Å². The number of hydrogen-bond donors (Lipinski definition) is 2. The molecular formula is C18H20N4O2. The second-order valence-corrected chi connectivity index (χ2v) is 6.18. The topological polar surface area (TPSA) is 74.0 Å². The number of ether oxygens (including phenoxy) is 1. The minimum absolute atomic E-state index is 0.0244. The molecule has 0 unspecified atom stereocenters. The number of benzene rings is 1. The fourth-order valence-corrected chi connectivity index (χ4v) is 3.55. The van der Waals surface area contributed by atoms with Crippen LogP contribution < -0.4 is 0 Å². The van der Waals surface area contributed by atoms with E-state index in [1.54, 1.807) is 0 Å². The van der Waals surface area contributed by atoms with Gasteiger partial charge in [0.2, 0.25) is 0 Å². The van der Waals surface area contributed by atoms with Crippen molar-refractivity contribution >= 4 is 16.8 Å². The van der Waals surface area contributed by atoms with Crippen LogP contribution in [0.5, 0.6) is 0 Å². The second-order valence-electron chi connectivity index (χ2n) is 6.18. The number of aromatic amines is 2. The minimum atomic E-state index is -0.116. The molecule has 0 aliphatic carbocycles. The normalized spacial score (nSPS) is 18.2. The molecule has 2 aromatic heterocycles. The molecule has 4 rings (SSSR count). The second kappa shape index (κ2) is 5.79. The molecule has 6 nitrogen and oxygen atoms in total. The maximum atomic E-state index is 13.3. The average molecular weight is 324 g/mol. The third kappa shape index (κ3) is 2.30. The third-order valence-corrected chi connectivity index (χ3v) is 4.73. The molecule has 3 aromatic rings. The Balaban J connectivity index is 1.75. The number of carbonyl (C=O) groups excluding carboxylic acids is 1. The van der Waals surface area contributed by atoms with Crippen molar-refractivity contribution in [2.24, 2.45) is 0 Å². The Kier molecular flexibility index (Phi) is 3.61. The first-order valence-electron chi connectivity index (χ1n) is 8.13. The van der Waals surface area contributed by atoms with Crippen LogP contribution in [-0.2, 0) is 4.74 Å². The Bertz CT molecular complexity index is 876. The van der Waals surface area contributed by atoms with Gasteiger partial charge in [0, 0.05) is 29.4 Å². The molecule has 1 aliphatic rings. The van der Waals surface area contributed by atoms with Gasteiger partial charge in [-0.05, 0) is 26.0 Å². The average Bonchev–Trinajstić information content (AvgIpc) is 3.20. The van der Waals surface area contributed by atoms with Crippen molar-refractivity contribution < 1.29 is 9.53 Å². The Hall–Kier alpha value is -2.60. The molecule has 3 heterocycles. The molecule has 6 heteroatoms. The lowest BCUT2D eigenvalue weighted by atomic mass is 10.0. The molecule has 0 bridgehead atoms. The van der Waals surface area contributed by atoms with Crippen molar-refractivity contribution in [3.05, 3.63) is 53.0 Å². The highest BCUT2D eigenvalue weighted by atomic mass is 16.5. The highest BCUT2D eigenvalue weighted by Gasteiger charge is 2.33. The zero-order valence-corrected chi connectivity index (χ0v) is 13.8. The van der Waals surface area contributed by atoms with E-state index in [-0.39, 0.29) is 11.9 Å². The van der Waals surface area contributed by atoms with Gasteiger partial charge in [0.1, 0.15) is 0 Å². The van der Waals surface area contributed by atoms with Crippen molar-refractivity contribution in [3.63, 3.8) is 0 Å². The minimum Gasteiger partial charge on any atom is -0.377 e. The van der Waals surface area contributed by atoms with Crippen molar-refractivity contribution in [2.75, 3.05) is 19.8 Å². The Morgan fingerprint density at radius 2 is 2.21 bits per heavy atom. The molecule has 1 saturated heterocycles. The van der Waals surface area contributed by atoms with Gasteiger partial charge in [-0.25, -0.2) is 0 Å². The molecule has 2 N–H and O–H groups in total. The maximum Gasteiger partial charge on any atom is 0.256 e. The molecule has 1 aromatic carbocycles. The van der Waals surface area contributed by atoms with Crippen molar-refractivity contribution in [3.8, 4) is 0 Å². The van der Waals surface area contributed by atoms with E-state index in [0.717, 1.165) is 27.9 Å². The third-order valence-electron chi connectivity index (χ3n) is 4.73. The number of hydrogen-bond acceptors (Lipinski definition) is 3. The van der Waals surface area contributed by atoms with Crippen molar-refractivity contribution in [1.29, 1.82) is 0 Å². The summed E-state index contributed by atoms with van der Waals surface area (Å²) in [5.41, 5.74) is 4.54. The van der Waals surface area contributed by atoms with Crippen molar-refractivity contribution in [2.45, 2.75) is 19.9 Å². The van der Waals surface area contributed by atoms with Gasteiger partial charge in [-0.15, -0.1) is 0 Å². The number of rotatable bonds is 2. The molecule has 1 amide bonds. The fraction of sp³-hybridized carbons (Fsp3) is 0.333. The van der Waals surface area contributed by atoms with E-state index in [4.69, 9.17) is 4.74 Å². The molecule has 24 heavy (non-hydrogen) atoms. The molecule has 0 spiro atoms. The number of carbonyl (C=O) groups is 1. The summed E-state index contributed by atoms with van der Waals surface area (Å²) in [5.74, 6) is 0.0244. The summed E-state index contributed by atoms with van der Waals surface area (Å²) in [6.07, 6.45) is 1.86. The van der Waals surface area contributed by atoms with Gasteiger partial charge in [0.05, 0.1) is 36.0 Å². The molecule has 0 saturated carbocycles. The quantitative estimate of drug-likeness (QED) is 0.761. The largest absolute Gasteiger partial charge is 0.377 e. The Labute approximate surface area is 139 Å². The first-order valence-corrected chi connectivity index (χ1v) is 8.13. The van der Waals surface area contributed by atoms with E-state index >= 15 is 0 Å². The van der Waals surface area contributed by atoms with Gasteiger partial charge in [-0.3, -0.25) is 9.89 Å². The highest BCUT2D eigenvalue weighted by molar-refractivity contribution is 6.05. The summed E-state index contributed by atoms with van der Waals surface area (Å²) in [7, 11) is 0. The van der Waals surface area contributed by atoms with Crippen LogP contribution in [0.1, 0.15) is 33.4 Å². The van der Waals surface area contributed by atoms with Gasteiger partial charge < -0.3 is 14.6 Å². The number of aryl methyl sites for hydroxylation is 2. The SMILES string of the molecule is Cc1n[nH]c(C)c1[C@@H]1COCCN1C(=O)c1cccc2cc[nH]c12. The summed E-state index contributed by atoms with van der Waals surface area (Å²) in [6.45, 7) is 5.57. The first-order chi connectivity index (χ1) is 11.7. The number of morpholine rings is 1. The molecule has 1 atom stereocenters. The van der Waals surface area contributed by atoms with E-state index in [9.17, 15) is 4.79 Å². The summed E-state index contributed by atoms with van der Waals surface area (Å²) in [6, 6.07) is 7.67. The predicted octanol–water partition coefficient (Wildman–Crippen LogP) is 2.72. The molecule has 1 aliphatic heterocycles. The van der Waals surface area contributed by atoms with Gasteiger partial charge >= 0.3 is 0 Å². The van der Waals surface area contributed by atoms with Crippen LogP contribution in [-0.4, -0.2) is 45.7 Å². The smallest absolute Gasteiger partial charge is 0.256 e. The highest BCUT2D eigenvalue weighted by Crippen LogP contribution is 2.30. The van der Waals surface area contributed by atoms with Crippen LogP contribution in [0.3, 0.4) is 0 Å². The Morgan fingerprint density at radius 1 is 1.33 bits per heavy atom. The lowest BCUT2D eigenvalue weighted by Crippen LogP contribution is -2.43. The number of H-pyrrole nitrogens is 2. The molecule has 0 radical (unpaired) electrons. The summed E-state index contributed by atoms with van der Waals surface area (Å²) < 4.78 is 5.66. The molecule has 124 valence electrons. The molecule has 1 fully saturated rings. The number of amides is 1. The van der Waals surface area contributed by atoms with Crippen LogP contribution in [0.2, 0.25) is 0 Å². The van der Waals surface area contributed by atoms with Crippen LogP contribution in [0.25, 0.3) is 10.9 Å². The number of nitrogens with one attached hydrogen (secondary N) is 2. The van der Waals surface area contributed by atoms with Gasteiger partial charge in [0.25, 0.3) is 5.91 Å². The number of para-hydroxylation sites is 1. The predicted molar refractivity (Wildman–Crippen MR) is 91.0 cm³/mol. The summed E-state index contributed by atoms with van der Waals surface area (Å²) >= 11 is 0. The number of fused-ring (bicyclic) bond motifs is 1. The summed E-state index contributed by atoms with van der Waals surface area (Å²) in [4.78, 5) is 18.3. The fourth-order valence-electron chi connectivity index (χ4n) is 3.55. The monoisotopic (exact) mass is 324 g/mol. The zero-order valence-electron chi connectivity index (χ0n) is 13.8. The van der Waals surface area contributed by atoms with Gasteiger partial charge in [-0.2, -0.15) is 5.10 Å². The molecular weight excluding hydrogens is 304 g/mol. The van der Waals surface area contributed by atoms with E-state index < -0.39 is 0 Å². The summed E-state index contributed by atoms with van der Waals surface area (Å²) in [5, 5.41) is 8.33. The lowest BCUT2D eigenvalue weighted by Gasteiger charge is -2.36.